The van der Waals surface area contributed by atoms with E-state index in [0.717, 1.165) is 31.9 Å². The number of fused-ring (bicyclic) bond motifs is 2. The molecule has 0 spiro atoms. The summed E-state index contributed by atoms with van der Waals surface area (Å²) in [6.07, 6.45) is -2.84. The minimum Gasteiger partial charge on any atom is -0.497 e. The van der Waals surface area contributed by atoms with Crippen molar-refractivity contribution in [3.8, 4) is 11.4 Å². The molecule has 1 atom stereocenters. The van der Waals surface area contributed by atoms with Crippen molar-refractivity contribution >= 4 is 55.5 Å². The number of rotatable bonds is 12. The van der Waals surface area contributed by atoms with Gasteiger partial charge in [-0.25, -0.2) is 45.0 Å². The van der Waals surface area contributed by atoms with Crippen LogP contribution >= 0.6 is 11.6 Å². The maximum absolute atomic E-state index is 14.4. The van der Waals surface area contributed by atoms with Gasteiger partial charge < -0.3 is 15.2 Å². The zero-order chi connectivity index (χ0) is 38.2. The number of carbonyl (C=O) groups is 1. The third kappa shape index (κ3) is 7.73. The molecule has 6 rings (SSSR count). The van der Waals surface area contributed by atoms with Crippen LogP contribution in [-0.4, -0.2) is 63.7 Å². The molecular formula is C34H28ClF4N7O6S. The molecule has 0 radical (unpaired) electrons. The highest BCUT2D eigenvalue weighted by Gasteiger charge is 2.31. The molecule has 19 heteroatoms. The monoisotopic (exact) mass is 773 g/mol. The topological polar surface area (TPSA) is 162 Å². The molecule has 0 aliphatic carbocycles. The predicted octanol–water partition coefficient (Wildman–Crippen LogP) is 5.85. The van der Waals surface area contributed by atoms with Crippen LogP contribution < -0.4 is 19.9 Å². The second kappa shape index (κ2) is 14.7. The third-order valence-electron chi connectivity index (χ3n) is 8.12. The largest absolute Gasteiger partial charge is 0.497 e. The molecule has 3 aromatic heterocycles. The Morgan fingerprint density at radius 3 is 2.38 bits per heavy atom. The second-order valence-corrected chi connectivity index (χ2v) is 14.1. The number of hydrogen-bond acceptors (Lipinski definition) is 8. The Morgan fingerprint density at radius 2 is 1.75 bits per heavy atom. The van der Waals surface area contributed by atoms with Gasteiger partial charge in [0.05, 0.1) is 53.0 Å². The standard InChI is InChI=1S/C34H28ClF4N7O6S/c1-52-22-7-5-18(6-8-22)16-45(53(2,50)51)32-28-24(35)9-10-26(29(28)44(43-32)17-27(38)39)46-31(42-30-23(33(46)47)4-3-11-40-30)25(41-34(48)49)14-19-12-20(36)15-21(37)13-19/h3-13,15,25,27,41H,14,16-17H2,1-2H3,(H,48,49). The number of nitrogens with zero attached hydrogens (tertiary/aromatic N) is 6. The molecule has 6 aromatic rings. The number of nitrogens with one attached hydrogen (secondary N) is 1. The summed E-state index contributed by atoms with van der Waals surface area (Å²) in [5.74, 6) is -2.09. The van der Waals surface area contributed by atoms with Crippen LogP contribution in [0.1, 0.15) is 23.0 Å². The van der Waals surface area contributed by atoms with Gasteiger partial charge in [-0.05, 0) is 59.7 Å². The highest BCUT2D eigenvalue weighted by atomic mass is 35.5. The molecule has 0 saturated carbocycles. The first kappa shape index (κ1) is 37.0. The van der Waals surface area contributed by atoms with E-state index in [2.05, 4.69) is 20.4 Å². The van der Waals surface area contributed by atoms with Gasteiger partial charge >= 0.3 is 6.09 Å². The molecule has 276 valence electrons. The minimum absolute atomic E-state index is 0.0169. The zero-order valence-corrected chi connectivity index (χ0v) is 29.2. The van der Waals surface area contributed by atoms with Gasteiger partial charge in [0.2, 0.25) is 10.0 Å². The van der Waals surface area contributed by atoms with Crippen molar-refractivity contribution in [2.45, 2.75) is 32.0 Å². The van der Waals surface area contributed by atoms with Crippen molar-refractivity contribution in [2.24, 2.45) is 0 Å². The number of aromatic nitrogens is 5. The van der Waals surface area contributed by atoms with Gasteiger partial charge in [0, 0.05) is 18.7 Å². The summed E-state index contributed by atoms with van der Waals surface area (Å²) in [5, 5.41) is 16.1. The number of pyridine rings is 1. The number of sulfonamides is 1. The molecule has 0 bridgehead atoms. The fraction of sp³-hybridized carbons (Fsp3) is 0.206. The molecule has 0 aliphatic rings. The fourth-order valence-electron chi connectivity index (χ4n) is 5.93. The van der Waals surface area contributed by atoms with Crippen molar-refractivity contribution in [1.29, 1.82) is 0 Å². The molecule has 13 nitrogen and oxygen atoms in total. The zero-order valence-electron chi connectivity index (χ0n) is 27.7. The molecule has 0 fully saturated rings. The lowest BCUT2D eigenvalue weighted by Gasteiger charge is -2.23. The maximum Gasteiger partial charge on any atom is 0.405 e. The number of alkyl halides is 2. The number of ether oxygens (including phenoxy) is 1. The SMILES string of the molecule is COc1ccc(CN(c2nn(CC(F)F)c3c(-n4c(C(Cc5cc(F)cc(F)c5)NC(=O)O)nc5ncccc5c4=O)ccc(Cl)c23)S(C)(=O)=O)cc1. The van der Waals surface area contributed by atoms with Gasteiger partial charge in [0.25, 0.3) is 12.0 Å². The molecule has 0 aliphatic heterocycles. The Balaban J connectivity index is 1.66. The number of hydrogen-bond donors (Lipinski definition) is 2. The Morgan fingerprint density at radius 1 is 1.06 bits per heavy atom. The van der Waals surface area contributed by atoms with E-state index in [4.69, 9.17) is 16.3 Å². The Labute approximate surface area is 303 Å². The van der Waals surface area contributed by atoms with E-state index in [0.29, 0.717) is 17.4 Å². The van der Waals surface area contributed by atoms with Crippen LogP contribution in [0.15, 0.2) is 77.7 Å². The Bertz CT molecular complexity index is 2510. The van der Waals surface area contributed by atoms with Gasteiger partial charge in [-0.15, -0.1) is 0 Å². The minimum atomic E-state index is -4.19. The second-order valence-electron chi connectivity index (χ2n) is 11.8. The lowest BCUT2D eigenvalue weighted by Crippen LogP contribution is -2.35. The molecule has 2 N–H and O–H groups in total. The highest BCUT2D eigenvalue weighted by molar-refractivity contribution is 7.92. The number of methoxy groups -OCH3 is 1. The molecular weight excluding hydrogens is 746 g/mol. The van der Waals surface area contributed by atoms with E-state index in [9.17, 15) is 40.7 Å². The summed E-state index contributed by atoms with van der Waals surface area (Å²) in [4.78, 5) is 35.2. The van der Waals surface area contributed by atoms with Crippen molar-refractivity contribution in [1.82, 2.24) is 29.6 Å². The van der Waals surface area contributed by atoms with Crippen molar-refractivity contribution in [2.75, 3.05) is 17.7 Å². The van der Waals surface area contributed by atoms with Gasteiger partial charge in [-0.3, -0.25) is 14.0 Å². The van der Waals surface area contributed by atoms with E-state index >= 15 is 0 Å². The molecule has 3 heterocycles. The first-order chi connectivity index (χ1) is 25.1. The molecule has 0 saturated heterocycles. The number of anilines is 1. The number of carboxylic acid groups (broad SMARTS) is 1. The van der Waals surface area contributed by atoms with Gasteiger partial charge in [-0.2, -0.15) is 5.10 Å². The van der Waals surface area contributed by atoms with Crippen LogP contribution in [0.5, 0.6) is 5.75 Å². The van der Waals surface area contributed by atoms with E-state index in [1.807, 2.05) is 0 Å². The van der Waals surface area contributed by atoms with Crippen molar-refractivity contribution < 1.29 is 40.6 Å². The Hall–Kier alpha value is -5.75. The summed E-state index contributed by atoms with van der Waals surface area (Å²) >= 11 is 6.70. The van der Waals surface area contributed by atoms with E-state index in [1.54, 1.807) is 24.3 Å². The van der Waals surface area contributed by atoms with Crippen LogP contribution in [0.2, 0.25) is 5.02 Å². The van der Waals surface area contributed by atoms with Crippen LogP contribution in [0.25, 0.3) is 27.6 Å². The van der Waals surface area contributed by atoms with E-state index in [-0.39, 0.29) is 56.4 Å². The van der Waals surface area contributed by atoms with E-state index in [1.165, 1.54) is 37.6 Å². The van der Waals surface area contributed by atoms with Crippen LogP contribution in [0, 0.1) is 11.6 Å². The van der Waals surface area contributed by atoms with Crippen molar-refractivity contribution in [3.63, 3.8) is 0 Å². The molecule has 1 unspecified atom stereocenters. The van der Waals surface area contributed by atoms with Gasteiger partial charge in [-0.1, -0.05) is 23.7 Å². The summed E-state index contributed by atoms with van der Waals surface area (Å²) in [6.45, 7) is -1.40. The first-order valence-electron chi connectivity index (χ1n) is 15.5. The average Bonchev–Trinajstić information content (AvgIpc) is 3.45. The van der Waals surface area contributed by atoms with Gasteiger partial charge in [0.15, 0.2) is 11.5 Å². The summed E-state index contributed by atoms with van der Waals surface area (Å²) in [7, 11) is -2.73. The predicted molar refractivity (Wildman–Crippen MR) is 187 cm³/mol. The summed E-state index contributed by atoms with van der Waals surface area (Å²) in [6, 6.07) is 12.9. The number of benzene rings is 3. The van der Waals surface area contributed by atoms with Crippen LogP contribution in [0.4, 0.5) is 28.2 Å². The summed E-state index contributed by atoms with van der Waals surface area (Å²) in [5.41, 5.74) is -0.925. The lowest BCUT2D eigenvalue weighted by atomic mass is 10.0. The Kier molecular flexibility index (Phi) is 10.3. The van der Waals surface area contributed by atoms with E-state index < -0.39 is 58.7 Å². The molecule has 3 aromatic carbocycles. The molecule has 1 amide bonds. The fourth-order valence-corrected chi connectivity index (χ4v) is 6.99. The number of halogens is 5. The smallest absolute Gasteiger partial charge is 0.405 e. The average molecular weight is 774 g/mol. The van der Waals surface area contributed by atoms with Crippen LogP contribution in [0.3, 0.4) is 0 Å². The normalized spacial score (nSPS) is 12.4. The summed E-state index contributed by atoms with van der Waals surface area (Å²) < 4.78 is 91.4. The highest BCUT2D eigenvalue weighted by Crippen LogP contribution is 2.39. The van der Waals surface area contributed by atoms with Gasteiger partial charge in [0.1, 0.15) is 29.8 Å². The molecule has 53 heavy (non-hydrogen) atoms. The van der Waals surface area contributed by atoms with Crippen molar-refractivity contribution in [3.05, 3.63) is 117 Å². The maximum atomic E-state index is 14.4. The quantitative estimate of drug-likeness (QED) is 0.145. The number of amides is 1. The third-order valence-corrected chi connectivity index (χ3v) is 9.54. The van der Waals surface area contributed by atoms with Crippen LogP contribution in [-0.2, 0) is 29.5 Å². The lowest BCUT2D eigenvalue weighted by molar-refractivity contribution is 0.123. The first-order valence-corrected chi connectivity index (χ1v) is 17.8.